The van der Waals surface area contributed by atoms with E-state index >= 15 is 0 Å². The zero-order valence-corrected chi connectivity index (χ0v) is 15.2. The zero-order valence-electron chi connectivity index (χ0n) is 15.2. The molecule has 27 heavy (non-hydrogen) atoms. The molecule has 1 aromatic carbocycles. The van der Waals surface area contributed by atoms with Crippen LogP contribution in [0.3, 0.4) is 0 Å². The number of hydrogen-bond donors (Lipinski definition) is 2. The largest absolute Gasteiger partial charge is 0.444 e. The Morgan fingerprint density at radius 2 is 2.00 bits per heavy atom. The third kappa shape index (κ3) is 3.76. The van der Waals surface area contributed by atoms with Crippen molar-refractivity contribution in [2.24, 2.45) is 0 Å². The van der Waals surface area contributed by atoms with Gasteiger partial charge >= 0.3 is 6.09 Å². The molecule has 1 saturated heterocycles. The van der Waals surface area contributed by atoms with E-state index in [9.17, 15) is 23.6 Å². The van der Waals surface area contributed by atoms with Crippen LogP contribution < -0.4 is 10.6 Å². The highest BCUT2D eigenvalue weighted by atomic mass is 19.1. The monoisotopic (exact) mass is 377 g/mol. The van der Waals surface area contributed by atoms with Gasteiger partial charge < -0.3 is 9.64 Å². The lowest BCUT2D eigenvalue weighted by molar-refractivity contribution is -0.136. The van der Waals surface area contributed by atoms with Gasteiger partial charge in [0, 0.05) is 17.5 Å². The number of anilines is 1. The molecule has 144 valence electrons. The molecule has 0 aliphatic carbocycles. The summed E-state index contributed by atoms with van der Waals surface area (Å²) in [5.74, 6) is -2.20. The van der Waals surface area contributed by atoms with Crippen molar-refractivity contribution in [3.8, 4) is 0 Å². The van der Waals surface area contributed by atoms with E-state index in [1.165, 1.54) is 17.0 Å². The van der Waals surface area contributed by atoms with E-state index in [0.29, 0.717) is 0 Å². The Morgan fingerprint density at radius 3 is 2.63 bits per heavy atom. The number of halogens is 1. The number of benzene rings is 1. The number of ether oxygens (including phenoxy) is 1. The van der Waals surface area contributed by atoms with Crippen LogP contribution in [0.2, 0.25) is 0 Å². The lowest BCUT2D eigenvalue weighted by Crippen LogP contribution is -2.52. The first kappa shape index (κ1) is 18.8. The standard InChI is InChI=1S/C18H20FN3O5/c1-18(2,3)27-17(26)20-11-5-4-9-10(14(11)19)8-22(16(9)25)12-6-7-13(23)21-15(12)24/h4-5,12H,6-8H2,1-3H3,(H,20,26)(H,21,23,24). The number of rotatable bonds is 2. The molecule has 0 radical (unpaired) electrons. The zero-order chi connectivity index (χ0) is 19.9. The van der Waals surface area contributed by atoms with Gasteiger partial charge in [-0.1, -0.05) is 0 Å². The summed E-state index contributed by atoms with van der Waals surface area (Å²) < 4.78 is 19.9. The highest BCUT2D eigenvalue weighted by Crippen LogP contribution is 2.32. The van der Waals surface area contributed by atoms with E-state index in [1.54, 1.807) is 20.8 Å². The van der Waals surface area contributed by atoms with Crippen molar-refractivity contribution >= 4 is 29.5 Å². The maximum atomic E-state index is 14.8. The Labute approximate surface area is 155 Å². The topological polar surface area (TPSA) is 105 Å². The van der Waals surface area contributed by atoms with Crippen LogP contribution in [0.5, 0.6) is 0 Å². The Balaban J connectivity index is 1.80. The van der Waals surface area contributed by atoms with Crippen LogP contribution in [0.25, 0.3) is 0 Å². The molecule has 2 N–H and O–H groups in total. The van der Waals surface area contributed by atoms with Crippen molar-refractivity contribution in [3.05, 3.63) is 29.1 Å². The highest BCUT2D eigenvalue weighted by Gasteiger charge is 2.40. The molecule has 9 heteroatoms. The van der Waals surface area contributed by atoms with Crippen LogP contribution in [-0.2, 0) is 20.9 Å². The summed E-state index contributed by atoms with van der Waals surface area (Å²) in [5.41, 5.74) is -0.623. The van der Waals surface area contributed by atoms with Gasteiger partial charge in [0.25, 0.3) is 5.91 Å². The van der Waals surface area contributed by atoms with Gasteiger partial charge in [-0.05, 0) is 39.3 Å². The van der Waals surface area contributed by atoms with Crippen molar-refractivity contribution in [3.63, 3.8) is 0 Å². The van der Waals surface area contributed by atoms with E-state index in [2.05, 4.69) is 10.6 Å². The minimum atomic E-state index is -0.829. The Kier molecular flexibility index (Phi) is 4.63. The van der Waals surface area contributed by atoms with Crippen molar-refractivity contribution in [1.29, 1.82) is 0 Å². The van der Waals surface area contributed by atoms with Gasteiger partial charge in [-0.25, -0.2) is 9.18 Å². The molecule has 2 heterocycles. The summed E-state index contributed by atoms with van der Waals surface area (Å²) >= 11 is 0. The Hall–Kier alpha value is -2.97. The molecule has 4 amide bonds. The molecule has 2 aliphatic heterocycles. The summed E-state index contributed by atoms with van der Waals surface area (Å²) in [6.45, 7) is 4.93. The molecular formula is C18H20FN3O5. The molecule has 0 spiro atoms. The van der Waals surface area contributed by atoms with E-state index in [1.807, 2.05) is 0 Å². The lowest BCUT2D eigenvalue weighted by Gasteiger charge is -2.29. The van der Waals surface area contributed by atoms with Crippen LogP contribution in [0, 0.1) is 5.82 Å². The minimum Gasteiger partial charge on any atom is -0.444 e. The van der Waals surface area contributed by atoms with Gasteiger partial charge in [0.05, 0.1) is 12.2 Å². The SMILES string of the molecule is CC(C)(C)OC(=O)Nc1ccc2c(c1F)CN(C1CCC(=O)NC1=O)C2=O. The third-order valence-corrected chi connectivity index (χ3v) is 4.28. The number of nitrogens with one attached hydrogen (secondary N) is 2. The van der Waals surface area contributed by atoms with Gasteiger partial charge in [0.2, 0.25) is 11.8 Å². The van der Waals surface area contributed by atoms with Crippen molar-refractivity contribution < 1.29 is 28.3 Å². The smallest absolute Gasteiger partial charge is 0.412 e. The second-order valence-corrected chi connectivity index (χ2v) is 7.48. The number of imide groups is 1. The van der Waals surface area contributed by atoms with Gasteiger partial charge in [-0.3, -0.25) is 25.0 Å². The molecule has 1 unspecified atom stereocenters. The molecule has 1 fully saturated rings. The molecule has 8 nitrogen and oxygen atoms in total. The molecule has 0 saturated carbocycles. The molecule has 0 aromatic heterocycles. The summed E-state index contributed by atoms with van der Waals surface area (Å²) in [6, 6.07) is 1.85. The Bertz CT molecular complexity index is 846. The third-order valence-electron chi connectivity index (χ3n) is 4.28. The molecule has 0 bridgehead atoms. The number of carbonyl (C=O) groups excluding carboxylic acids is 4. The predicted octanol–water partition coefficient (Wildman–Crippen LogP) is 1.93. The summed E-state index contributed by atoms with van der Waals surface area (Å²) in [7, 11) is 0. The fraction of sp³-hybridized carbons (Fsp3) is 0.444. The summed E-state index contributed by atoms with van der Waals surface area (Å²) in [5, 5.41) is 4.52. The fourth-order valence-corrected chi connectivity index (χ4v) is 3.11. The molecule has 1 atom stereocenters. The number of piperidine rings is 1. The fourth-order valence-electron chi connectivity index (χ4n) is 3.11. The number of nitrogens with zero attached hydrogens (tertiary/aromatic N) is 1. The Morgan fingerprint density at radius 1 is 1.30 bits per heavy atom. The second-order valence-electron chi connectivity index (χ2n) is 7.48. The number of amides is 4. The quantitative estimate of drug-likeness (QED) is 0.767. The van der Waals surface area contributed by atoms with E-state index in [4.69, 9.17) is 4.74 Å². The maximum Gasteiger partial charge on any atom is 0.412 e. The number of fused-ring (bicyclic) bond motifs is 1. The van der Waals surface area contributed by atoms with Crippen molar-refractivity contribution in [2.75, 3.05) is 5.32 Å². The average Bonchev–Trinajstić information content (AvgIpc) is 2.86. The molecule has 2 aliphatic rings. The maximum absolute atomic E-state index is 14.8. The van der Waals surface area contributed by atoms with E-state index in [0.717, 1.165) is 0 Å². The lowest BCUT2D eigenvalue weighted by atomic mass is 10.0. The van der Waals surface area contributed by atoms with Gasteiger partial charge in [0.1, 0.15) is 11.6 Å². The van der Waals surface area contributed by atoms with Crippen LogP contribution in [0.4, 0.5) is 14.9 Å². The first-order valence-electron chi connectivity index (χ1n) is 8.53. The minimum absolute atomic E-state index is 0.0956. The van der Waals surface area contributed by atoms with E-state index in [-0.39, 0.29) is 36.2 Å². The predicted molar refractivity (Wildman–Crippen MR) is 92.3 cm³/mol. The normalized spacial score (nSPS) is 19.6. The van der Waals surface area contributed by atoms with Crippen molar-refractivity contribution in [2.45, 2.75) is 51.8 Å². The number of hydrogen-bond acceptors (Lipinski definition) is 5. The van der Waals surface area contributed by atoms with E-state index < -0.39 is 41.3 Å². The van der Waals surface area contributed by atoms with Gasteiger partial charge in [-0.15, -0.1) is 0 Å². The van der Waals surface area contributed by atoms with Crippen LogP contribution in [-0.4, -0.2) is 40.4 Å². The van der Waals surface area contributed by atoms with Crippen molar-refractivity contribution in [1.82, 2.24) is 10.2 Å². The summed E-state index contributed by atoms with van der Waals surface area (Å²) in [4.78, 5) is 49.0. The first-order chi connectivity index (χ1) is 12.6. The number of carbonyl (C=O) groups is 4. The summed E-state index contributed by atoms with van der Waals surface area (Å²) in [6.07, 6.45) is -0.507. The van der Waals surface area contributed by atoms with Gasteiger partial charge in [0.15, 0.2) is 5.82 Å². The average molecular weight is 377 g/mol. The van der Waals surface area contributed by atoms with Crippen LogP contribution in [0.15, 0.2) is 12.1 Å². The molecule has 3 rings (SSSR count). The highest BCUT2D eigenvalue weighted by molar-refractivity contribution is 6.05. The van der Waals surface area contributed by atoms with Gasteiger partial charge in [-0.2, -0.15) is 0 Å². The second kappa shape index (κ2) is 6.64. The first-order valence-corrected chi connectivity index (χ1v) is 8.53. The van der Waals surface area contributed by atoms with Crippen LogP contribution >= 0.6 is 0 Å². The molecular weight excluding hydrogens is 357 g/mol. The molecule has 1 aromatic rings. The van der Waals surface area contributed by atoms with Crippen LogP contribution in [0.1, 0.15) is 49.5 Å².